The number of thioether (sulfide) groups is 1. The van der Waals surface area contributed by atoms with E-state index >= 15 is 0 Å². The number of non-ortho nitro benzene ring substituents is 1. The van der Waals surface area contributed by atoms with Crippen LogP contribution in [0.4, 0.5) is 5.69 Å². The Balaban J connectivity index is 2.07. The summed E-state index contributed by atoms with van der Waals surface area (Å²) in [7, 11) is 0. The number of hydrogen-bond acceptors (Lipinski definition) is 7. The monoisotopic (exact) mass is 314 g/mol. The molecule has 2 N–H and O–H groups in total. The molecule has 0 saturated heterocycles. The van der Waals surface area contributed by atoms with Gasteiger partial charge in [0.05, 0.1) is 16.5 Å². The largest absolute Gasteiger partial charge is 0.329 e. The molecule has 0 unspecified atom stereocenters. The molecule has 0 amide bonds. The Morgan fingerprint density at radius 1 is 1.50 bits per heavy atom. The van der Waals surface area contributed by atoms with Crippen molar-refractivity contribution in [3.63, 3.8) is 0 Å². The van der Waals surface area contributed by atoms with E-state index in [1.165, 1.54) is 23.9 Å². The standard InChI is InChI=1S/C10H11ClN6O2S/c11-9-5-8(17(18)19)2-1-7(9)6-20-10-13-14-15-16(10)4-3-12/h1-2,5H,3-4,6,12H2. The van der Waals surface area contributed by atoms with E-state index in [1.54, 1.807) is 10.7 Å². The third kappa shape index (κ3) is 3.44. The highest BCUT2D eigenvalue weighted by atomic mass is 35.5. The Labute approximate surface area is 123 Å². The van der Waals surface area contributed by atoms with E-state index < -0.39 is 4.92 Å². The molecule has 0 radical (unpaired) electrons. The van der Waals surface area contributed by atoms with Crippen LogP contribution in [0.3, 0.4) is 0 Å². The zero-order valence-electron chi connectivity index (χ0n) is 10.3. The van der Waals surface area contributed by atoms with Crippen LogP contribution in [-0.2, 0) is 12.3 Å². The Morgan fingerprint density at radius 2 is 2.30 bits per heavy atom. The molecule has 20 heavy (non-hydrogen) atoms. The van der Waals surface area contributed by atoms with Crippen LogP contribution in [0.1, 0.15) is 5.56 Å². The van der Waals surface area contributed by atoms with Gasteiger partial charge in [-0.25, -0.2) is 4.68 Å². The van der Waals surface area contributed by atoms with Crippen LogP contribution < -0.4 is 5.73 Å². The second-order valence-electron chi connectivity index (χ2n) is 3.79. The molecular formula is C10H11ClN6O2S. The number of rotatable bonds is 6. The van der Waals surface area contributed by atoms with Crippen LogP contribution in [0.2, 0.25) is 5.02 Å². The number of nitrogens with two attached hydrogens (primary N) is 1. The van der Waals surface area contributed by atoms with Gasteiger partial charge in [-0.2, -0.15) is 0 Å². The molecule has 0 aliphatic carbocycles. The first-order valence-electron chi connectivity index (χ1n) is 5.63. The van der Waals surface area contributed by atoms with Gasteiger partial charge in [-0.05, 0) is 22.1 Å². The molecule has 0 aliphatic heterocycles. The molecule has 0 fully saturated rings. The number of benzene rings is 1. The first-order valence-corrected chi connectivity index (χ1v) is 7.00. The van der Waals surface area contributed by atoms with Crippen molar-refractivity contribution in [2.45, 2.75) is 17.5 Å². The van der Waals surface area contributed by atoms with E-state index in [-0.39, 0.29) is 5.69 Å². The Hall–Kier alpha value is -1.71. The first kappa shape index (κ1) is 14.7. The third-order valence-electron chi connectivity index (χ3n) is 2.44. The molecule has 2 rings (SSSR count). The summed E-state index contributed by atoms with van der Waals surface area (Å²) in [6.45, 7) is 0.972. The van der Waals surface area contributed by atoms with E-state index in [0.29, 0.717) is 29.0 Å². The lowest BCUT2D eigenvalue weighted by molar-refractivity contribution is -0.384. The number of nitro groups is 1. The van der Waals surface area contributed by atoms with Crippen molar-refractivity contribution >= 4 is 29.1 Å². The summed E-state index contributed by atoms with van der Waals surface area (Å²) in [5.74, 6) is 0.516. The van der Waals surface area contributed by atoms with Gasteiger partial charge >= 0.3 is 0 Å². The summed E-state index contributed by atoms with van der Waals surface area (Å²) in [5.41, 5.74) is 6.21. The molecule has 106 valence electrons. The van der Waals surface area contributed by atoms with Crippen LogP contribution in [0, 0.1) is 10.1 Å². The highest BCUT2D eigenvalue weighted by Gasteiger charge is 2.11. The van der Waals surface area contributed by atoms with Gasteiger partial charge in [-0.1, -0.05) is 23.4 Å². The smallest absolute Gasteiger partial charge is 0.270 e. The van der Waals surface area contributed by atoms with Crippen LogP contribution >= 0.6 is 23.4 Å². The molecule has 0 bridgehead atoms. The van der Waals surface area contributed by atoms with Gasteiger partial charge in [-0.3, -0.25) is 10.1 Å². The normalized spacial score (nSPS) is 10.7. The summed E-state index contributed by atoms with van der Waals surface area (Å²) in [5, 5.41) is 22.9. The fourth-order valence-corrected chi connectivity index (χ4v) is 2.70. The van der Waals surface area contributed by atoms with Crippen molar-refractivity contribution in [1.82, 2.24) is 20.2 Å². The summed E-state index contributed by atoms with van der Waals surface area (Å²) >= 11 is 7.41. The summed E-state index contributed by atoms with van der Waals surface area (Å²) in [4.78, 5) is 10.1. The lowest BCUT2D eigenvalue weighted by Crippen LogP contribution is -2.12. The van der Waals surface area contributed by atoms with Crippen molar-refractivity contribution in [1.29, 1.82) is 0 Å². The number of aromatic nitrogens is 4. The maximum absolute atomic E-state index is 10.6. The molecule has 2 aromatic rings. The molecule has 1 aromatic heterocycles. The maximum atomic E-state index is 10.6. The van der Waals surface area contributed by atoms with Crippen LogP contribution in [-0.4, -0.2) is 31.7 Å². The van der Waals surface area contributed by atoms with Gasteiger partial charge in [0, 0.05) is 24.4 Å². The lowest BCUT2D eigenvalue weighted by Gasteiger charge is -2.04. The van der Waals surface area contributed by atoms with Crippen molar-refractivity contribution in [3.05, 3.63) is 38.9 Å². The van der Waals surface area contributed by atoms with Crippen molar-refractivity contribution in [2.75, 3.05) is 6.54 Å². The fourth-order valence-electron chi connectivity index (χ4n) is 1.47. The minimum absolute atomic E-state index is 0.0308. The number of hydrogen-bond donors (Lipinski definition) is 1. The summed E-state index contributed by atoms with van der Waals surface area (Å²) in [6, 6.07) is 4.38. The van der Waals surface area contributed by atoms with Gasteiger partial charge in [0.1, 0.15) is 0 Å². The molecule has 10 heteroatoms. The van der Waals surface area contributed by atoms with Gasteiger partial charge in [0.2, 0.25) is 5.16 Å². The maximum Gasteiger partial charge on any atom is 0.270 e. The van der Waals surface area contributed by atoms with E-state index in [2.05, 4.69) is 15.5 Å². The van der Waals surface area contributed by atoms with E-state index in [9.17, 15) is 10.1 Å². The molecule has 0 saturated carbocycles. The summed E-state index contributed by atoms with van der Waals surface area (Å²) < 4.78 is 1.60. The third-order valence-corrected chi connectivity index (χ3v) is 3.80. The molecule has 8 nitrogen and oxygen atoms in total. The van der Waals surface area contributed by atoms with Crippen LogP contribution in [0.25, 0.3) is 0 Å². The topological polar surface area (TPSA) is 113 Å². The Bertz CT molecular complexity index is 620. The predicted molar refractivity (Wildman–Crippen MR) is 74.5 cm³/mol. The number of nitrogens with zero attached hydrogens (tertiary/aromatic N) is 5. The molecule has 1 aromatic carbocycles. The SMILES string of the molecule is NCCn1nnnc1SCc1ccc([N+](=O)[O-])cc1Cl. The predicted octanol–water partition coefficient (Wildman–Crippen LogP) is 1.49. The molecule has 0 aliphatic rings. The number of nitro benzene ring substituents is 1. The number of tetrazole rings is 1. The highest BCUT2D eigenvalue weighted by Crippen LogP contribution is 2.28. The zero-order valence-corrected chi connectivity index (χ0v) is 11.8. The summed E-state index contributed by atoms with van der Waals surface area (Å²) in [6.07, 6.45) is 0. The van der Waals surface area contributed by atoms with Crippen LogP contribution in [0.15, 0.2) is 23.4 Å². The van der Waals surface area contributed by atoms with E-state index in [4.69, 9.17) is 17.3 Å². The first-order chi connectivity index (χ1) is 9.61. The van der Waals surface area contributed by atoms with E-state index in [0.717, 1.165) is 5.56 Å². The van der Waals surface area contributed by atoms with Crippen molar-refractivity contribution in [2.24, 2.45) is 5.73 Å². The average Bonchev–Trinajstić information content (AvgIpc) is 2.85. The van der Waals surface area contributed by atoms with Gasteiger partial charge < -0.3 is 5.73 Å². The van der Waals surface area contributed by atoms with Crippen molar-refractivity contribution < 1.29 is 4.92 Å². The number of halogens is 1. The second-order valence-corrected chi connectivity index (χ2v) is 5.14. The Kier molecular flexibility index (Phi) is 4.88. The molecule has 0 spiro atoms. The van der Waals surface area contributed by atoms with Gasteiger partial charge in [0.25, 0.3) is 5.69 Å². The van der Waals surface area contributed by atoms with Crippen molar-refractivity contribution in [3.8, 4) is 0 Å². The quantitative estimate of drug-likeness (QED) is 0.488. The minimum atomic E-state index is -0.482. The van der Waals surface area contributed by atoms with Crippen LogP contribution in [0.5, 0.6) is 0 Å². The lowest BCUT2D eigenvalue weighted by atomic mass is 10.2. The highest BCUT2D eigenvalue weighted by molar-refractivity contribution is 7.98. The average molecular weight is 315 g/mol. The van der Waals surface area contributed by atoms with Gasteiger partial charge in [0.15, 0.2) is 0 Å². The fraction of sp³-hybridized carbons (Fsp3) is 0.300. The molecule has 0 atom stereocenters. The Morgan fingerprint density at radius 3 is 2.95 bits per heavy atom. The zero-order chi connectivity index (χ0) is 14.5. The molecule has 1 heterocycles. The van der Waals surface area contributed by atoms with Gasteiger partial charge in [-0.15, -0.1) is 5.10 Å². The molecular weight excluding hydrogens is 304 g/mol. The van der Waals surface area contributed by atoms with E-state index in [1.807, 2.05) is 0 Å². The minimum Gasteiger partial charge on any atom is -0.329 e. The second kappa shape index (κ2) is 6.64.